The van der Waals surface area contributed by atoms with Crippen molar-refractivity contribution in [2.45, 2.75) is 38.8 Å². The Bertz CT molecular complexity index is 743. The van der Waals surface area contributed by atoms with E-state index in [1.807, 2.05) is 18.5 Å². The van der Waals surface area contributed by atoms with Gasteiger partial charge in [0.05, 0.1) is 17.8 Å². The van der Waals surface area contributed by atoms with Gasteiger partial charge in [-0.1, -0.05) is 17.3 Å². The van der Waals surface area contributed by atoms with Crippen LogP contribution in [0.15, 0.2) is 24.3 Å². The van der Waals surface area contributed by atoms with Crippen LogP contribution in [0.25, 0.3) is 0 Å². The van der Waals surface area contributed by atoms with Gasteiger partial charge in [-0.25, -0.2) is 9.07 Å². The molecule has 1 aromatic carbocycles. The molecular weight excluding hydrogens is 357 g/mol. The standard InChI is InChI=1S/C18H24FN5O.ClH/c1-12(14-4-6-15(19)7-5-14)23(3)18(25)17-13(2)24(22-21-17)16-8-10-20-11-9-16;/h4-7,12,16,20H,8-11H2,1-3H3;1H. The van der Waals surface area contributed by atoms with E-state index >= 15 is 0 Å². The summed E-state index contributed by atoms with van der Waals surface area (Å²) >= 11 is 0. The highest BCUT2D eigenvalue weighted by Crippen LogP contribution is 2.24. The molecule has 1 aliphatic heterocycles. The number of nitrogens with one attached hydrogen (secondary N) is 1. The van der Waals surface area contributed by atoms with E-state index in [1.54, 1.807) is 24.1 Å². The first kappa shape index (κ1) is 20.3. The average molecular weight is 382 g/mol. The molecule has 1 fully saturated rings. The van der Waals surface area contributed by atoms with Crippen molar-refractivity contribution in [3.63, 3.8) is 0 Å². The normalized spacial score (nSPS) is 16.0. The van der Waals surface area contributed by atoms with Crippen molar-refractivity contribution < 1.29 is 9.18 Å². The van der Waals surface area contributed by atoms with Crippen LogP contribution in [0.5, 0.6) is 0 Å². The summed E-state index contributed by atoms with van der Waals surface area (Å²) in [4.78, 5) is 14.5. The van der Waals surface area contributed by atoms with Gasteiger partial charge in [0.1, 0.15) is 5.82 Å². The maximum atomic E-state index is 13.1. The summed E-state index contributed by atoms with van der Waals surface area (Å²) in [5.74, 6) is -0.458. The zero-order valence-corrected chi connectivity index (χ0v) is 16.1. The number of carbonyl (C=O) groups is 1. The molecule has 1 atom stereocenters. The van der Waals surface area contributed by atoms with Crippen LogP contribution < -0.4 is 5.32 Å². The number of halogens is 2. The zero-order valence-electron chi connectivity index (χ0n) is 15.3. The fourth-order valence-electron chi connectivity index (χ4n) is 3.24. The van der Waals surface area contributed by atoms with Crippen LogP contribution in [0.1, 0.15) is 53.6 Å². The maximum Gasteiger partial charge on any atom is 0.276 e. The van der Waals surface area contributed by atoms with E-state index < -0.39 is 0 Å². The highest BCUT2D eigenvalue weighted by molar-refractivity contribution is 5.93. The molecule has 26 heavy (non-hydrogen) atoms. The lowest BCUT2D eigenvalue weighted by Crippen LogP contribution is -2.31. The number of benzene rings is 1. The van der Waals surface area contributed by atoms with Crippen molar-refractivity contribution in [3.05, 3.63) is 47.0 Å². The summed E-state index contributed by atoms with van der Waals surface area (Å²) in [6.07, 6.45) is 1.97. The third-order valence-electron chi connectivity index (χ3n) is 5.04. The second kappa shape index (κ2) is 8.60. The Morgan fingerprint density at radius 2 is 1.92 bits per heavy atom. The summed E-state index contributed by atoms with van der Waals surface area (Å²) < 4.78 is 15.0. The Hall–Kier alpha value is -1.99. The summed E-state index contributed by atoms with van der Waals surface area (Å²) in [7, 11) is 1.74. The number of hydrogen-bond donors (Lipinski definition) is 1. The Morgan fingerprint density at radius 1 is 1.31 bits per heavy atom. The Kier molecular flexibility index (Phi) is 6.72. The number of hydrogen-bond acceptors (Lipinski definition) is 4. The lowest BCUT2D eigenvalue weighted by atomic mass is 10.1. The van der Waals surface area contributed by atoms with Crippen molar-refractivity contribution in [3.8, 4) is 0 Å². The number of aromatic nitrogens is 3. The maximum absolute atomic E-state index is 13.1. The van der Waals surface area contributed by atoms with Crippen molar-refractivity contribution in [2.75, 3.05) is 20.1 Å². The van der Waals surface area contributed by atoms with Gasteiger partial charge in [0.15, 0.2) is 5.69 Å². The van der Waals surface area contributed by atoms with Gasteiger partial charge in [-0.3, -0.25) is 4.79 Å². The molecule has 1 amide bonds. The zero-order chi connectivity index (χ0) is 18.0. The van der Waals surface area contributed by atoms with Gasteiger partial charge in [0.2, 0.25) is 0 Å². The van der Waals surface area contributed by atoms with Crippen molar-refractivity contribution in [2.24, 2.45) is 0 Å². The summed E-state index contributed by atoms with van der Waals surface area (Å²) in [6.45, 7) is 5.72. The molecule has 142 valence electrons. The topological polar surface area (TPSA) is 63.1 Å². The minimum Gasteiger partial charge on any atom is -0.333 e. The molecule has 1 aliphatic rings. The Labute approximate surface area is 159 Å². The van der Waals surface area contributed by atoms with E-state index in [2.05, 4.69) is 15.6 Å². The minimum absolute atomic E-state index is 0. The number of nitrogens with zero attached hydrogens (tertiary/aromatic N) is 4. The minimum atomic E-state index is -0.286. The third-order valence-corrected chi connectivity index (χ3v) is 5.04. The van der Waals surface area contributed by atoms with Gasteiger partial charge in [-0.15, -0.1) is 17.5 Å². The van der Waals surface area contributed by atoms with E-state index in [1.165, 1.54) is 12.1 Å². The molecular formula is C18H25ClFN5O. The highest BCUT2D eigenvalue weighted by Gasteiger charge is 2.26. The number of rotatable bonds is 4. The number of amides is 1. The van der Waals surface area contributed by atoms with Crippen LogP contribution in [0.3, 0.4) is 0 Å². The lowest BCUT2D eigenvalue weighted by molar-refractivity contribution is 0.0735. The van der Waals surface area contributed by atoms with E-state index in [4.69, 9.17) is 0 Å². The average Bonchev–Trinajstić information content (AvgIpc) is 3.02. The summed E-state index contributed by atoms with van der Waals surface area (Å²) in [5, 5.41) is 11.7. The SMILES string of the molecule is Cc1c(C(=O)N(C)C(C)c2ccc(F)cc2)nnn1C1CCNCC1.Cl. The van der Waals surface area contributed by atoms with Crippen LogP contribution in [0, 0.1) is 12.7 Å². The second-order valence-electron chi connectivity index (χ2n) is 6.59. The van der Waals surface area contributed by atoms with E-state index in [-0.39, 0.29) is 36.2 Å². The summed E-state index contributed by atoms with van der Waals surface area (Å²) in [5.41, 5.74) is 2.06. The fourth-order valence-corrected chi connectivity index (χ4v) is 3.24. The quantitative estimate of drug-likeness (QED) is 0.884. The molecule has 0 spiro atoms. The number of carbonyl (C=O) groups excluding carboxylic acids is 1. The van der Waals surface area contributed by atoms with E-state index in [9.17, 15) is 9.18 Å². The van der Waals surface area contributed by atoms with Crippen LogP contribution >= 0.6 is 12.4 Å². The van der Waals surface area contributed by atoms with Crippen LogP contribution in [-0.2, 0) is 0 Å². The van der Waals surface area contributed by atoms with E-state index in [0.717, 1.165) is 37.2 Å². The second-order valence-corrected chi connectivity index (χ2v) is 6.59. The molecule has 0 aliphatic carbocycles. The molecule has 1 aromatic heterocycles. The molecule has 1 saturated heterocycles. The number of piperidine rings is 1. The highest BCUT2D eigenvalue weighted by atomic mass is 35.5. The van der Waals surface area contributed by atoms with Crippen LogP contribution in [0.2, 0.25) is 0 Å². The monoisotopic (exact) mass is 381 g/mol. The van der Waals surface area contributed by atoms with Gasteiger partial charge < -0.3 is 10.2 Å². The molecule has 0 bridgehead atoms. The molecule has 2 heterocycles. The first-order valence-corrected chi connectivity index (χ1v) is 8.64. The first-order valence-electron chi connectivity index (χ1n) is 8.64. The molecule has 3 rings (SSSR count). The van der Waals surface area contributed by atoms with Crippen molar-refractivity contribution in [1.29, 1.82) is 0 Å². The largest absolute Gasteiger partial charge is 0.333 e. The molecule has 6 nitrogen and oxygen atoms in total. The molecule has 2 aromatic rings. The Morgan fingerprint density at radius 3 is 2.54 bits per heavy atom. The van der Waals surface area contributed by atoms with Crippen LogP contribution in [-0.4, -0.2) is 45.9 Å². The summed E-state index contributed by atoms with van der Waals surface area (Å²) in [6, 6.07) is 6.31. The third kappa shape index (κ3) is 4.04. The van der Waals surface area contributed by atoms with Crippen LogP contribution in [0.4, 0.5) is 4.39 Å². The predicted molar refractivity (Wildman–Crippen MR) is 100 cm³/mol. The first-order chi connectivity index (χ1) is 12.0. The van der Waals surface area contributed by atoms with Gasteiger partial charge >= 0.3 is 0 Å². The Balaban J connectivity index is 0.00000243. The molecule has 0 radical (unpaired) electrons. The molecule has 1 N–H and O–H groups in total. The predicted octanol–water partition coefficient (Wildman–Crippen LogP) is 2.91. The molecule has 8 heteroatoms. The lowest BCUT2D eigenvalue weighted by Gasteiger charge is -2.25. The molecule has 0 saturated carbocycles. The van der Waals surface area contributed by atoms with Gasteiger partial charge in [-0.05, 0) is 57.5 Å². The van der Waals surface area contributed by atoms with Gasteiger partial charge in [0.25, 0.3) is 5.91 Å². The smallest absolute Gasteiger partial charge is 0.276 e. The van der Waals surface area contributed by atoms with Crippen molar-refractivity contribution in [1.82, 2.24) is 25.2 Å². The fraction of sp³-hybridized carbons (Fsp3) is 0.500. The van der Waals surface area contributed by atoms with Crippen molar-refractivity contribution >= 4 is 18.3 Å². The van der Waals surface area contributed by atoms with Gasteiger partial charge in [0, 0.05) is 7.05 Å². The van der Waals surface area contributed by atoms with E-state index in [0.29, 0.717) is 5.69 Å². The molecule has 1 unspecified atom stereocenters. The van der Waals surface area contributed by atoms with Gasteiger partial charge in [-0.2, -0.15) is 0 Å².